The summed E-state index contributed by atoms with van der Waals surface area (Å²) in [5.41, 5.74) is 8.18. The summed E-state index contributed by atoms with van der Waals surface area (Å²) in [4.78, 5) is 38.5. The van der Waals surface area contributed by atoms with Gasteiger partial charge < -0.3 is 10.9 Å². The summed E-state index contributed by atoms with van der Waals surface area (Å²) >= 11 is 0. The van der Waals surface area contributed by atoms with E-state index >= 15 is 0 Å². The molecule has 3 N–H and O–H groups in total. The van der Waals surface area contributed by atoms with Crippen molar-refractivity contribution in [1.82, 2.24) is 24.5 Å². The molecule has 4 rings (SSSR count). The van der Waals surface area contributed by atoms with Crippen LogP contribution in [0.15, 0.2) is 48.8 Å². The second-order valence-corrected chi connectivity index (χ2v) is 7.61. The number of aromatic amines is 1. The number of nitrogens with two attached hydrogens (primary N) is 1. The number of hydrogen-bond donors (Lipinski definition) is 2. The number of carbonyl (C=O) groups excluding carboxylic acids is 2. The molecular formula is C22H24N6O3. The molecule has 0 radical (unpaired) electrons. The Bertz CT molecular complexity index is 1100. The Morgan fingerprint density at radius 3 is 2.48 bits per heavy atom. The Labute approximate surface area is 179 Å². The van der Waals surface area contributed by atoms with E-state index in [9.17, 15) is 14.8 Å². The fraction of sp³-hybridized carbons (Fsp3) is 0.273. The number of nitrogens with one attached hydrogen (secondary N) is 1. The zero-order chi connectivity index (χ0) is 22.0. The maximum atomic E-state index is 13.9. The number of benzene rings is 1. The van der Waals surface area contributed by atoms with Gasteiger partial charge in [0.1, 0.15) is 5.82 Å². The van der Waals surface area contributed by atoms with Crippen molar-refractivity contribution in [2.24, 2.45) is 0 Å². The van der Waals surface area contributed by atoms with Crippen LogP contribution in [-0.4, -0.2) is 44.9 Å². The van der Waals surface area contributed by atoms with Crippen molar-refractivity contribution < 1.29 is 9.59 Å². The molecule has 3 amide bonds. The van der Waals surface area contributed by atoms with E-state index < -0.39 is 16.6 Å². The minimum Gasteiger partial charge on any atom is -0.617 e. The molecule has 1 atom stereocenters. The molecule has 9 heteroatoms. The highest BCUT2D eigenvalue weighted by Gasteiger charge is 2.48. The molecule has 2 aromatic heterocycles. The van der Waals surface area contributed by atoms with E-state index in [0.29, 0.717) is 30.8 Å². The average Bonchev–Trinajstić information content (AvgIpc) is 3.20. The van der Waals surface area contributed by atoms with Gasteiger partial charge >= 0.3 is 6.03 Å². The van der Waals surface area contributed by atoms with E-state index in [1.54, 1.807) is 24.5 Å². The highest BCUT2D eigenvalue weighted by molar-refractivity contribution is 6.13. The first kappa shape index (κ1) is 20.7. The van der Waals surface area contributed by atoms with Gasteiger partial charge in [0.05, 0.1) is 6.54 Å². The van der Waals surface area contributed by atoms with Crippen molar-refractivity contribution in [2.75, 3.05) is 18.8 Å². The molecule has 3 heterocycles. The van der Waals surface area contributed by atoms with Gasteiger partial charge in [-0.05, 0) is 41.8 Å². The molecule has 0 bridgehead atoms. The number of rotatable bonds is 7. The topological polar surface area (TPSA) is 128 Å². The average molecular weight is 420 g/mol. The van der Waals surface area contributed by atoms with Crippen LogP contribution in [0.4, 0.5) is 16.3 Å². The third-order valence-electron chi connectivity index (χ3n) is 5.35. The first-order chi connectivity index (χ1) is 14.9. The van der Waals surface area contributed by atoms with Crippen LogP contribution in [0.2, 0.25) is 0 Å². The standard InChI is InChI=1S/C22H24N6O3/c1-2-12-27-21(29)19-20(26-18(25-19)14-16-7-10-24-11-8-16)28(31,22(27)30)13-9-15-3-5-17(23)6-4-15/h3-8,10-11H,2,9,12-14,23H2,1H3,(H,25,26). The second-order valence-electron chi connectivity index (χ2n) is 7.61. The zero-order valence-corrected chi connectivity index (χ0v) is 17.2. The van der Waals surface area contributed by atoms with Crippen molar-refractivity contribution in [3.8, 4) is 0 Å². The van der Waals surface area contributed by atoms with Gasteiger partial charge in [0.2, 0.25) is 11.5 Å². The molecular weight excluding hydrogens is 396 g/mol. The van der Waals surface area contributed by atoms with Gasteiger partial charge in [0, 0.05) is 37.5 Å². The third-order valence-corrected chi connectivity index (χ3v) is 5.35. The zero-order valence-electron chi connectivity index (χ0n) is 17.2. The molecule has 1 unspecified atom stereocenters. The molecule has 0 saturated heterocycles. The maximum absolute atomic E-state index is 13.9. The van der Waals surface area contributed by atoms with Crippen LogP contribution in [0.1, 0.15) is 40.8 Å². The molecule has 0 fully saturated rings. The van der Waals surface area contributed by atoms with Crippen LogP contribution in [0.3, 0.4) is 0 Å². The highest BCUT2D eigenvalue weighted by Crippen LogP contribution is 2.33. The number of nitrogens with zero attached hydrogens (tertiary/aromatic N) is 4. The number of pyridine rings is 1. The van der Waals surface area contributed by atoms with E-state index in [1.807, 2.05) is 31.2 Å². The molecule has 1 aliphatic heterocycles. The molecule has 160 valence electrons. The lowest BCUT2D eigenvalue weighted by atomic mass is 10.1. The Morgan fingerprint density at radius 1 is 1.10 bits per heavy atom. The lowest BCUT2D eigenvalue weighted by Gasteiger charge is -2.43. The normalized spacial score (nSPS) is 18.3. The smallest absolute Gasteiger partial charge is 0.432 e. The van der Waals surface area contributed by atoms with Crippen molar-refractivity contribution in [3.05, 3.63) is 76.6 Å². The molecule has 1 aliphatic rings. The van der Waals surface area contributed by atoms with E-state index in [0.717, 1.165) is 16.0 Å². The van der Waals surface area contributed by atoms with Crippen LogP contribution < -0.4 is 10.4 Å². The monoisotopic (exact) mass is 420 g/mol. The Kier molecular flexibility index (Phi) is 5.53. The van der Waals surface area contributed by atoms with Gasteiger partial charge in [-0.2, -0.15) is 0 Å². The van der Waals surface area contributed by atoms with Crippen molar-refractivity contribution in [2.45, 2.75) is 26.2 Å². The molecule has 0 aliphatic carbocycles. The molecule has 0 saturated carbocycles. The van der Waals surface area contributed by atoms with Gasteiger partial charge in [0.25, 0.3) is 5.91 Å². The number of imide groups is 1. The van der Waals surface area contributed by atoms with Gasteiger partial charge in [0.15, 0.2) is 0 Å². The lowest BCUT2D eigenvalue weighted by Crippen LogP contribution is -2.62. The molecule has 31 heavy (non-hydrogen) atoms. The van der Waals surface area contributed by atoms with E-state index in [1.165, 1.54) is 0 Å². The van der Waals surface area contributed by atoms with Gasteiger partial charge in [-0.25, -0.2) is 19.3 Å². The minimum absolute atomic E-state index is 0.00172. The predicted molar refractivity (Wildman–Crippen MR) is 117 cm³/mol. The third kappa shape index (κ3) is 3.92. The SMILES string of the molecule is CCCN1C(=O)c2nc(Cc3ccncc3)[nH]c2[N+]([O-])(CCc2ccc(N)cc2)C1=O. The number of aromatic nitrogens is 3. The van der Waals surface area contributed by atoms with E-state index in [2.05, 4.69) is 15.0 Å². The summed E-state index contributed by atoms with van der Waals surface area (Å²) in [6.45, 7) is 1.97. The van der Waals surface area contributed by atoms with Crippen molar-refractivity contribution in [3.63, 3.8) is 0 Å². The van der Waals surface area contributed by atoms with Crippen molar-refractivity contribution >= 4 is 23.4 Å². The number of hydroxylamine groups is 2. The number of fused-ring (bicyclic) bond motifs is 1. The van der Waals surface area contributed by atoms with Crippen molar-refractivity contribution in [1.29, 1.82) is 0 Å². The number of H-pyrrole nitrogens is 1. The summed E-state index contributed by atoms with van der Waals surface area (Å²) < 4.78 is -1.28. The first-order valence-corrected chi connectivity index (χ1v) is 10.2. The summed E-state index contributed by atoms with van der Waals surface area (Å²) in [6, 6.07) is 10.0. The quantitative estimate of drug-likeness (QED) is 0.343. The lowest BCUT2D eigenvalue weighted by molar-refractivity contribution is 0.0744. The van der Waals surface area contributed by atoms with Gasteiger partial charge in [-0.3, -0.25) is 14.8 Å². The second kappa shape index (κ2) is 8.29. The van der Waals surface area contributed by atoms with Gasteiger partial charge in [-0.1, -0.05) is 19.1 Å². The number of amides is 3. The summed E-state index contributed by atoms with van der Waals surface area (Å²) in [5, 5.41) is 13.9. The highest BCUT2D eigenvalue weighted by atomic mass is 16.6. The number of urea groups is 1. The maximum Gasteiger partial charge on any atom is 0.432 e. The number of carbonyl (C=O) groups is 2. The van der Waals surface area contributed by atoms with Crippen LogP contribution in [0.5, 0.6) is 0 Å². The fourth-order valence-electron chi connectivity index (χ4n) is 3.70. The van der Waals surface area contributed by atoms with Crippen LogP contribution in [-0.2, 0) is 12.8 Å². The van der Waals surface area contributed by atoms with E-state index in [-0.39, 0.29) is 24.6 Å². The van der Waals surface area contributed by atoms with E-state index in [4.69, 9.17) is 5.73 Å². The summed E-state index contributed by atoms with van der Waals surface area (Å²) in [6.07, 6.45) is 4.62. The largest absolute Gasteiger partial charge is 0.617 e. The number of hydrogen-bond acceptors (Lipinski definition) is 6. The van der Waals surface area contributed by atoms with Crippen LogP contribution in [0, 0.1) is 5.21 Å². The minimum atomic E-state index is -1.28. The van der Waals surface area contributed by atoms with Crippen LogP contribution in [0.25, 0.3) is 0 Å². The fourth-order valence-corrected chi connectivity index (χ4v) is 3.70. The first-order valence-electron chi connectivity index (χ1n) is 10.2. The van der Waals surface area contributed by atoms with Gasteiger partial charge in [-0.15, -0.1) is 0 Å². The Balaban J connectivity index is 1.69. The Morgan fingerprint density at radius 2 is 1.81 bits per heavy atom. The summed E-state index contributed by atoms with van der Waals surface area (Å²) in [5.74, 6) is -0.0699. The summed E-state index contributed by atoms with van der Waals surface area (Å²) in [7, 11) is 0. The molecule has 9 nitrogen and oxygen atoms in total. The number of quaternary nitrogens is 1. The molecule has 3 aromatic rings. The molecule has 1 aromatic carbocycles. The number of nitrogen functional groups attached to an aromatic ring is 1. The number of imidazole rings is 1. The van der Waals surface area contributed by atoms with Crippen LogP contribution >= 0.6 is 0 Å². The number of anilines is 1. The molecule has 0 spiro atoms. The predicted octanol–water partition coefficient (Wildman–Crippen LogP) is 3.01. The Hall–Kier alpha value is -3.56.